The number of rotatable bonds is 6. The second-order valence-corrected chi connectivity index (χ2v) is 10.8. The second-order valence-electron chi connectivity index (χ2n) is 10.8. The van der Waals surface area contributed by atoms with E-state index >= 15 is 0 Å². The van der Waals surface area contributed by atoms with Crippen LogP contribution in [0.4, 0.5) is 5.69 Å². The Balaban J connectivity index is 1.19. The van der Waals surface area contributed by atoms with Crippen molar-refractivity contribution < 1.29 is 24.2 Å². The van der Waals surface area contributed by atoms with Crippen molar-refractivity contribution in [3.05, 3.63) is 131 Å². The smallest absolute Gasteiger partial charge is 0.266 e. The summed E-state index contributed by atoms with van der Waals surface area (Å²) in [7, 11) is 0. The maximum absolute atomic E-state index is 13.0. The fourth-order valence-corrected chi connectivity index (χ4v) is 5.88. The maximum Gasteiger partial charge on any atom is 0.266 e. The number of hydrogen-bond donors (Lipinski definition) is 1. The number of aliphatic hydroxyl groups excluding tert-OH is 1. The number of fused-ring (bicyclic) bond motifs is 2. The van der Waals surface area contributed by atoms with Gasteiger partial charge in [-0.05, 0) is 47.5 Å². The molecular formula is C34H29N3O5. The van der Waals surface area contributed by atoms with Gasteiger partial charge in [-0.3, -0.25) is 9.59 Å². The maximum atomic E-state index is 13.0. The summed E-state index contributed by atoms with van der Waals surface area (Å²) < 4.78 is 15.3. The van der Waals surface area contributed by atoms with Crippen LogP contribution >= 0.6 is 0 Å². The van der Waals surface area contributed by atoms with Gasteiger partial charge in [0.1, 0.15) is 0 Å². The van der Waals surface area contributed by atoms with E-state index in [4.69, 9.17) is 9.47 Å². The number of benzene rings is 4. The fraction of sp³-hybridized carbons (Fsp3) is 0.206. The number of imidazole rings is 1. The normalized spacial score (nSPS) is 22.1. The van der Waals surface area contributed by atoms with E-state index in [0.717, 1.165) is 27.7 Å². The highest BCUT2D eigenvalue weighted by molar-refractivity contribution is 6.34. The van der Waals surface area contributed by atoms with Crippen molar-refractivity contribution in [1.29, 1.82) is 0 Å². The predicted octanol–water partition coefficient (Wildman–Crippen LogP) is 5.82. The molecule has 7 rings (SSSR count). The number of aromatic nitrogens is 2. The lowest BCUT2D eigenvalue weighted by Crippen LogP contribution is -2.39. The largest absolute Gasteiger partial charge is 0.392 e. The highest BCUT2D eigenvalue weighted by atomic mass is 16.7. The zero-order valence-electron chi connectivity index (χ0n) is 23.0. The molecule has 2 aliphatic heterocycles. The molecule has 8 heteroatoms. The zero-order valence-corrected chi connectivity index (χ0v) is 23.0. The quantitative estimate of drug-likeness (QED) is 0.264. The monoisotopic (exact) mass is 559 g/mol. The van der Waals surface area contributed by atoms with Gasteiger partial charge in [0.05, 0.1) is 59.5 Å². The van der Waals surface area contributed by atoms with E-state index in [9.17, 15) is 14.7 Å². The zero-order chi connectivity index (χ0) is 28.8. The fourth-order valence-electron chi connectivity index (χ4n) is 5.88. The number of amides is 2. The number of ether oxygens (including phenoxy) is 2. The lowest BCUT2D eigenvalue weighted by atomic mass is 9.90. The first-order valence-electron chi connectivity index (χ1n) is 14.0. The summed E-state index contributed by atoms with van der Waals surface area (Å²) >= 11 is 0. The Labute approximate surface area is 242 Å². The molecule has 3 heterocycles. The molecule has 1 aromatic heterocycles. The molecule has 210 valence electrons. The summed E-state index contributed by atoms with van der Waals surface area (Å²) in [5, 5.41) is 9.53. The molecule has 42 heavy (non-hydrogen) atoms. The van der Waals surface area contributed by atoms with E-state index in [1.54, 1.807) is 36.4 Å². The van der Waals surface area contributed by atoms with Crippen LogP contribution in [0.2, 0.25) is 0 Å². The number of para-hydroxylation sites is 2. The van der Waals surface area contributed by atoms with Gasteiger partial charge in [0, 0.05) is 11.5 Å². The van der Waals surface area contributed by atoms with Gasteiger partial charge in [0.15, 0.2) is 6.29 Å². The summed E-state index contributed by atoms with van der Waals surface area (Å²) in [6, 6.07) is 29.9. The van der Waals surface area contributed by atoms with Gasteiger partial charge in [0.25, 0.3) is 11.8 Å². The lowest BCUT2D eigenvalue weighted by molar-refractivity contribution is -0.276. The highest BCUT2D eigenvalue weighted by Crippen LogP contribution is 2.42. The van der Waals surface area contributed by atoms with Crippen LogP contribution in [-0.2, 0) is 22.6 Å². The summed E-state index contributed by atoms with van der Waals surface area (Å²) in [6.45, 7) is 2.68. The molecule has 0 spiro atoms. The van der Waals surface area contributed by atoms with Gasteiger partial charge in [-0.25, -0.2) is 9.88 Å². The van der Waals surface area contributed by atoms with Crippen molar-refractivity contribution in [2.24, 2.45) is 5.92 Å². The molecule has 0 unspecified atom stereocenters. The van der Waals surface area contributed by atoms with Crippen LogP contribution in [0.1, 0.15) is 56.7 Å². The predicted molar refractivity (Wildman–Crippen MR) is 157 cm³/mol. The van der Waals surface area contributed by atoms with E-state index in [-0.39, 0.29) is 36.5 Å². The van der Waals surface area contributed by atoms with Gasteiger partial charge < -0.3 is 19.1 Å². The average Bonchev–Trinajstić information content (AvgIpc) is 3.56. The summed E-state index contributed by atoms with van der Waals surface area (Å²) in [5.41, 5.74) is 5.87. The molecule has 0 saturated carbocycles. The molecule has 0 aliphatic carbocycles. The number of carbonyl (C=O) groups excluding carboxylic acids is 2. The van der Waals surface area contributed by atoms with Crippen LogP contribution < -0.4 is 4.90 Å². The molecule has 1 N–H and O–H groups in total. The van der Waals surface area contributed by atoms with Crippen molar-refractivity contribution in [2.45, 2.75) is 38.6 Å². The van der Waals surface area contributed by atoms with Gasteiger partial charge in [-0.15, -0.1) is 0 Å². The average molecular weight is 560 g/mol. The molecule has 2 amide bonds. The van der Waals surface area contributed by atoms with Crippen molar-refractivity contribution in [2.75, 3.05) is 4.90 Å². The SMILES string of the molecule is C[C@@H]1[C@H](Cn2cnc3ccccc32)O[C@H](c2ccc(N3C(=O)c4ccccc4C3=O)cc2)O[C@@H]1c1ccc(CO)cc1. The van der Waals surface area contributed by atoms with Gasteiger partial charge >= 0.3 is 0 Å². The summed E-state index contributed by atoms with van der Waals surface area (Å²) in [4.78, 5) is 31.7. The molecule has 8 nitrogen and oxygen atoms in total. The second kappa shape index (κ2) is 10.6. The number of nitrogens with zero attached hydrogens (tertiary/aromatic N) is 3. The third-order valence-electron chi connectivity index (χ3n) is 8.24. The summed E-state index contributed by atoms with van der Waals surface area (Å²) in [6.07, 6.45) is 0.680. The number of carbonyl (C=O) groups is 2. The molecule has 5 aromatic rings. The molecule has 1 saturated heterocycles. The first-order valence-corrected chi connectivity index (χ1v) is 14.0. The number of hydrogen-bond acceptors (Lipinski definition) is 6. The van der Waals surface area contributed by atoms with E-state index in [0.29, 0.717) is 23.4 Å². The Kier molecular flexibility index (Phi) is 6.66. The van der Waals surface area contributed by atoms with Crippen LogP contribution in [0.5, 0.6) is 0 Å². The van der Waals surface area contributed by atoms with Crippen LogP contribution in [0.25, 0.3) is 11.0 Å². The topological polar surface area (TPSA) is 93.9 Å². The minimum atomic E-state index is -0.681. The Morgan fingerprint density at radius 3 is 2.12 bits per heavy atom. The Morgan fingerprint density at radius 2 is 1.43 bits per heavy atom. The van der Waals surface area contributed by atoms with E-state index < -0.39 is 6.29 Å². The van der Waals surface area contributed by atoms with Gasteiger partial charge in [0.2, 0.25) is 0 Å². The molecule has 1 fully saturated rings. The van der Waals surface area contributed by atoms with Crippen molar-refractivity contribution >= 4 is 28.5 Å². The van der Waals surface area contributed by atoms with Crippen molar-refractivity contribution in [3.8, 4) is 0 Å². The van der Waals surface area contributed by atoms with Crippen LogP contribution in [-0.4, -0.2) is 32.6 Å². The Bertz CT molecular complexity index is 1740. The molecule has 4 aromatic carbocycles. The third-order valence-corrected chi connectivity index (χ3v) is 8.24. The van der Waals surface area contributed by atoms with Crippen LogP contribution in [0, 0.1) is 5.92 Å². The van der Waals surface area contributed by atoms with Crippen LogP contribution in [0.15, 0.2) is 103 Å². The van der Waals surface area contributed by atoms with Crippen molar-refractivity contribution in [3.63, 3.8) is 0 Å². The first-order chi connectivity index (χ1) is 20.5. The van der Waals surface area contributed by atoms with Gasteiger partial charge in [-0.1, -0.05) is 67.6 Å². The van der Waals surface area contributed by atoms with Gasteiger partial charge in [-0.2, -0.15) is 0 Å². The number of aliphatic hydroxyl groups is 1. The number of imide groups is 1. The van der Waals surface area contributed by atoms with E-state index in [2.05, 4.69) is 16.5 Å². The van der Waals surface area contributed by atoms with E-state index in [1.807, 2.05) is 67.0 Å². The summed E-state index contributed by atoms with van der Waals surface area (Å²) in [5.74, 6) is -0.664. The molecule has 0 radical (unpaired) electrons. The lowest BCUT2D eigenvalue weighted by Gasteiger charge is -2.41. The first kappa shape index (κ1) is 26.3. The molecular weight excluding hydrogens is 530 g/mol. The van der Waals surface area contributed by atoms with Crippen molar-refractivity contribution in [1.82, 2.24) is 9.55 Å². The molecule has 4 atom stereocenters. The standard InChI is InChI=1S/C34H29N3O5/c1-21-30(18-36-20-35-28-8-4-5-9-29(28)36)41-34(42-31(21)23-12-10-22(19-38)11-13-23)24-14-16-25(17-15-24)37-32(39)26-6-2-3-7-27(26)33(37)40/h2-17,20-21,30-31,34,38H,18-19H2,1H3/t21-,30+,31+,34+/m1/s1. The third kappa shape index (κ3) is 4.50. The highest BCUT2D eigenvalue weighted by Gasteiger charge is 2.40. The van der Waals surface area contributed by atoms with Crippen LogP contribution in [0.3, 0.4) is 0 Å². The molecule has 2 aliphatic rings. The van der Waals surface area contributed by atoms with E-state index in [1.165, 1.54) is 4.90 Å². The minimum absolute atomic E-state index is 0.00000832. The Hall–Kier alpha value is -4.63. The Morgan fingerprint density at radius 1 is 0.786 bits per heavy atom. The molecule has 0 bridgehead atoms. The number of anilines is 1. The minimum Gasteiger partial charge on any atom is -0.392 e.